The Hall–Kier alpha value is -2.90. The molecule has 0 aliphatic rings. The number of esters is 2. The lowest BCUT2D eigenvalue weighted by Gasteiger charge is -2.19. The Morgan fingerprint density at radius 1 is 0.903 bits per heavy atom. The van der Waals surface area contributed by atoms with E-state index in [1.807, 2.05) is 0 Å². The fourth-order valence-electron chi connectivity index (χ4n) is 2.68. The number of ether oxygens (including phenoxy) is 3. The quantitative estimate of drug-likeness (QED) is 0.158. The number of rotatable bonds is 11. The maximum absolute atomic E-state index is 12.3. The normalized spacial score (nSPS) is 11.4. The molecule has 31 heavy (non-hydrogen) atoms. The molecule has 0 heterocycles. The summed E-state index contributed by atoms with van der Waals surface area (Å²) in [4.78, 5) is 23.5. The van der Waals surface area contributed by atoms with Gasteiger partial charge in [0.15, 0.2) is 8.32 Å². The van der Waals surface area contributed by atoms with Gasteiger partial charge in [0.1, 0.15) is 11.5 Å². The van der Waals surface area contributed by atoms with Crippen LogP contribution in [0.15, 0.2) is 54.6 Å². The molecular formula is C24H30O6Si. The zero-order valence-corrected chi connectivity index (χ0v) is 19.6. The van der Waals surface area contributed by atoms with E-state index in [0.29, 0.717) is 17.9 Å². The first-order valence-electron chi connectivity index (χ1n) is 10.2. The minimum Gasteiger partial charge on any atom is -0.494 e. The first-order chi connectivity index (χ1) is 14.8. The molecule has 0 saturated heterocycles. The van der Waals surface area contributed by atoms with Gasteiger partial charge in [-0.3, -0.25) is 0 Å². The topological polar surface area (TPSA) is 71.1 Å². The third kappa shape index (κ3) is 8.78. The van der Waals surface area contributed by atoms with Crippen molar-refractivity contribution in [2.75, 3.05) is 20.8 Å². The van der Waals surface area contributed by atoms with Gasteiger partial charge in [0, 0.05) is 13.2 Å². The van der Waals surface area contributed by atoms with Gasteiger partial charge in [-0.2, -0.15) is 0 Å². The van der Waals surface area contributed by atoms with Crippen LogP contribution in [0.3, 0.4) is 0 Å². The van der Waals surface area contributed by atoms with Crippen molar-refractivity contribution in [3.63, 3.8) is 0 Å². The van der Waals surface area contributed by atoms with Crippen LogP contribution in [0.4, 0.5) is 0 Å². The Morgan fingerprint density at radius 2 is 1.55 bits per heavy atom. The number of unbranched alkanes of at least 4 members (excludes halogenated alkanes) is 1. The highest BCUT2D eigenvalue weighted by molar-refractivity contribution is 6.71. The predicted molar refractivity (Wildman–Crippen MR) is 123 cm³/mol. The Labute approximate surface area is 184 Å². The second-order valence-corrected chi connectivity index (χ2v) is 12.0. The Balaban J connectivity index is 1.80. The lowest BCUT2D eigenvalue weighted by molar-refractivity contribution is -0.134. The first kappa shape index (κ1) is 24.4. The van der Waals surface area contributed by atoms with E-state index in [1.54, 1.807) is 61.7 Å². The van der Waals surface area contributed by atoms with Crippen LogP contribution in [-0.4, -0.2) is 41.1 Å². The van der Waals surface area contributed by atoms with Gasteiger partial charge in [-0.15, -0.1) is 0 Å². The highest BCUT2D eigenvalue weighted by Crippen LogP contribution is 2.18. The summed E-state index contributed by atoms with van der Waals surface area (Å²) in [5.41, 5.74) is 1.23. The molecule has 0 atom stereocenters. The summed E-state index contributed by atoms with van der Waals surface area (Å²) in [6.45, 7) is 5.05. The largest absolute Gasteiger partial charge is 0.494 e. The number of methoxy groups -OCH3 is 1. The predicted octanol–water partition coefficient (Wildman–Crippen LogP) is 5.10. The molecule has 0 saturated carbocycles. The van der Waals surface area contributed by atoms with E-state index in [-0.39, 0.29) is 0 Å². The molecular weight excluding hydrogens is 412 g/mol. The molecule has 0 aliphatic carbocycles. The molecule has 2 aromatic rings. The van der Waals surface area contributed by atoms with Crippen molar-refractivity contribution in [1.29, 1.82) is 0 Å². The van der Waals surface area contributed by atoms with E-state index in [9.17, 15) is 9.59 Å². The molecule has 2 aromatic carbocycles. The SMILES string of the molecule is COC(=O)C=Cc1ccc(OC(=O)c2ccc(OCCCC[Si](C)(C)OC)cc2)cc1. The molecule has 0 N–H and O–H groups in total. The fourth-order valence-corrected chi connectivity index (χ4v) is 3.98. The minimum atomic E-state index is -1.50. The van der Waals surface area contributed by atoms with Crippen LogP contribution in [0.2, 0.25) is 19.1 Å². The van der Waals surface area contributed by atoms with Crippen LogP contribution < -0.4 is 9.47 Å². The van der Waals surface area contributed by atoms with Crippen molar-refractivity contribution in [2.24, 2.45) is 0 Å². The van der Waals surface area contributed by atoms with E-state index in [4.69, 9.17) is 13.9 Å². The lowest BCUT2D eigenvalue weighted by atomic mass is 10.2. The number of carbonyl (C=O) groups is 2. The third-order valence-corrected chi connectivity index (χ3v) is 7.45. The van der Waals surface area contributed by atoms with Gasteiger partial charge in [0.25, 0.3) is 0 Å². The lowest BCUT2D eigenvalue weighted by Crippen LogP contribution is -2.28. The summed E-state index contributed by atoms with van der Waals surface area (Å²) in [6.07, 6.45) is 4.99. The van der Waals surface area contributed by atoms with Gasteiger partial charge < -0.3 is 18.6 Å². The van der Waals surface area contributed by atoms with E-state index in [2.05, 4.69) is 17.8 Å². The molecule has 7 heteroatoms. The molecule has 0 radical (unpaired) electrons. The molecule has 0 spiro atoms. The van der Waals surface area contributed by atoms with Crippen LogP contribution in [0.5, 0.6) is 11.5 Å². The number of benzene rings is 2. The van der Waals surface area contributed by atoms with Crippen LogP contribution >= 0.6 is 0 Å². The standard InChI is InChI=1S/C24H30O6Si/c1-27-23(25)16-9-19-7-12-22(13-8-19)30-24(26)20-10-14-21(15-11-20)29-17-5-6-18-31(3,4)28-2/h7-16H,5-6,17-18H2,1-4H3. The maximum Gasteiger partial charge on any atom is 0.343 e. The van der Waals surface area contributed by atoms with Crippen LogP contribution in [0.1, 0.15) is 28.8 Å². The molecule has 0 unspecified atom stereocenters. The Morgan fingerprint density at radius 3 is 2.16 bits per heavy atom. The van der Waals surface area contributed by atoms with E-state index >= 15 is 0 Å². The summed E-state index contributed by atoms with van der Waals surface area (Å²) >= 11 is 0. The van der Waals surface area contributed by atoms with Crippen molar-refractivity contribution in [2.45, 2.75) is 32.0 Å². The molecule has 0 bridgehead atoms. The molecule has 0 amide bonds. The minimum absolute atomic E-state index is 0.420. The van der Waals surface area contributed by atoms with E-state index in [1.165, 1.54) is 13.2 Å². The molecule has 166 valence electrons. The van der Waals surface area contributed by atoms with Gasteiger partial charge in [-0.1, -0.05) is 18.6 Å². The molecule has 2 rings (SSSR count). The van der Waals surface area contributed by atoms with Crippen molar-refractivity contribution in [3.05, 3.63) is 65.7 Å². The third-order valence-electron chi connectivity index (χ3n) is 4.79. The van der Waals surface area contributed by atoms with Gasteiger partial charge in [-0.05, 0) is 73.6 Å². The van der Waals surface area contributed by atoms with Crippen LogP contribution in [-0.2, 0) is 14.0 Å². The summed E-state index contributed by atoms with van der Waals surface area (Å²) in [5, 5.41) is 0. The highest BCUT2D eigenvalue weighted by atomic mass is 28.4. The van der Waals surface area contributed by atoms with Gasteiger partial charge >= 0.3 is 11.9 Å². The highest BCUT2D eigenvalue weighted by Gasteiger charge is 2.19. The molecule has 0 fully saturated rings. The summed E-state index contributed by atoms with van der Waals surface area (Å²) < 4.78 is 21.2. The Bertz CT molecular complexity index is 872. The second-order valence-electron chi connectivity index (χ2n) is 7.61. The van der Waals surface area contributed by atoms with Crippen molar-refractivity contribution >= 4 is 26.3 Å². The summed E-state index contributed by atoms with van der Waals surface area (Å²) in [7, 11) is 1.61. The summed E-state index contributed by atoms with van der Waals surface area (Å²) in [6, 6.07) is 14.8. The maximum atomic E-state index is 12.3. The zero-order chi connectivity index (χ0) is 22.7. The van der Waals surface area contributed by atoms with E-state index < -0.39 is 20.3 Å². The van der Waals surface area contributed by atoms with Crippen molar-refractivity contribution in [1.82, 2.24) is 0 Å². The smallest absolute Gasteiger partial charge is 0.343 e. The molecule has 0 aromatic heterocycles. The Kier molecular flexibility index (Phi) is 9.49. The van der Waals surface area contributed by atoms with Crippen molar-refractivity contribution < 1.29 is 28.2 Å². The fraction of sp³-hybridized carbons (Fsp3) is 0.333. The van der Waals surface area contributed by atoms with Gasteiger partial charge in [0.2, 0.25) is 0 Å². The monoisotopic (exact) mass is 442 g/mol. The van der Waals surface area contributed by atoms with Gasteiger partial charge in [0.05, 0.1) is 19.3 Å². The summed E-state index contributed by atoms with van der Waals surface area (Å²) in [5.74, 6) is 0.264. The average molecular weight is 443 g/mol. The first-order valence-corrected chi connectivity index (χ1v) is 13.3. The number of carbonyl (C=O) groups excluding carboxylic acids is 2. The number of hydrogen-bond donors (Lipinski definition) is 0. The van der Waals surface area contributed by atoms with Crippen molar-refractivity contribution in [3.8, 4) is 11.5 Å². The van der Waals surface area contributed by atoms with Gasteiger partial charge in [-0.25, -0.2) is 9.59 Å². The average Bonchev–Trinajstić information content (AvgIpc) is 2.78. The number of hydrogen-bond acceptors (Lipinski definition) is 6. The molecule has 0 aliphatic heterocycles. The molecule has 6 nitrogen and oxygen atoms in total. The second kappa shape index (κ2) is 12.1. The van der Waals surface area contributed by atoms with Crippen LogP contribution in [0, 0.1) is 0 Å². The zero-order valence-electron chi connectivity index (χ0n) is 18.6. The van der Waals surface area contributed by atoms with Crippen LogP contribution in [0.25, 0.3) is 6.08 Å². The van der Waals surface area contributed by atoms with E-state index in [0.717, 1.165) is 30.2 Å².